The predicted octanol–water partition coefficient (Wildman–Crippen LogP) is 2.78. The van der Waals surface area contributed by atoms with Crippen LogP contribution in [0.2, 0.25) is 5.15 Å². The van der Waals surface area contributed by atoms with Crippen molar-refractivity contribution in [3.63, 3.8) is 0 Å². The van der Waals surface area contributed by atoms with Gasteiger partial charge in [-0.3, -0.25) is 0 Å². The maximum absolute atomic E-state index is 6.17. The third-order valence-corrected chi connectivity index (χ3v) is 5.22. The van der Waals surface area contributed by atoms with Crippen LogP contribution in [0.1, 0.15) is 24.8 Å². The second-order valence-electron chi connectivity index (χ2n) is 4.80. The largest absolute Gasteiger partial charge is 0.366 e. The van der Waals surface area contributed by atoms with E-state index in [0.29, 0.717) is 22.2 Å². The third kappa shape index (κ3) is 2.27. The number of nitrogens with one attached hydrogen (secondary N) is 1. The van der Waals surface area contributed by atoms with Crippen LogP contribution in [0.25, 0.3) is 5.78 Å². The molecule has 2 unspecified atom stereocenters. The Morgan fingerprint density at radius 3 is 3.11 bits per heavy atom. The number of rotatable bonds is 3. The van der Waals surface area contributed by atoms with Crippen LogP contribution in [-0.4, -0.2) is 37.1 Å². The quantitative estimate of drug-likeness (QED) is 0.883. The molecule has 7 heteroatoms. The van der Waals surface area contributed by atoms with Crippen molar-refractivity contribution in [3.05, 3.63) is 17.0 Å². The molecular formula is C12H16ClN5S. The van der Waals surface area contributed by atoms with Gasteiger partial charge in [-0.05, 0) is 26.0 Å². The number of fused-ring (bicyclic) bond motifs is 1. The molecule has 0 spiro atoms. The molecule has 5 nitrogen and oxygen atoms in total. The van der Waals surface area contributed by atoms with Gasteiger partial charge in [-0.2, -0.15) is 31.3 Å². The molecule has 2 heterocycles. The number of nitrogens with zero attached hydrogens (tertiary/aromatic N) is 4. The molecule has 0 aliphatic heterocycles. The topological polar surface area (TPSA) is 55.1 Å². The number of hydrogen-bond acceptors (Lipinski definition) is 5. The molecule has 0 radical (unpaired) electrons. The molecule has 1 aliphatic carbocycles. The number of hydrogen-bond donors (Lipinski definition) is 1. The van der Waals surface area contributed by atoms with Gasteiger partial charge in [0.15, 0.2) is 0 Å². The van der Waals surface area contributed by atoms with Gasteiger partial charge in [0, 0.05) is 16.9 Å². The van der Waals surface area contributed by atoms with Gasteiger partial charge < -0.3 is 5.32 Å². The van der Waals surface area contributed by atoms with E-state index in [-0.39, 0.29) is 0 Å². The summed E-state index contributed by atoms with van der Waals surface area (Å²) in [6.45, 7) is 1.96. The number of halogens is 1. The minimum atomic E-state index is 0.458. The lowest BCUT2D eigenvalue weighted by Gasteiger charge is -2.22. The first-order chi connectivity index (χ1) is 9.20. The summed E-state index contributed by atoms with van der Waals surface area (Å²) in [4.78, 5) is 8.33. The van der Waals surface area contributed by atoms with Gasteiger partial charge in [-0.25, -0.2) is 0 Å². The third-order valence-electron chi connectivity index (χ3n) is 3.68. The van der Waals surface area contributed by atoms with Crippen LogP contribution in [0.3, 0.4) is 0 Å². The summed E-state index contributed by atoms with van der Waals surface area (Å²) < 4.78 is 1.73. The first-order valence-corrected chi connectivity index (χ1v) is 8.02. The van der Waals surface area contributed by atoms with Gasteiger partial charge >= 0.3 is 0 Å². The van der Waals surface area contributed by atoms with Crippen molar-refractivity contribution in [3.8, 4) is 0 Å². The molecule has 0 saturated heterocycles. The Bertz CT molecular complexity index is 599. The van der Waals surface area contributed by atoms with E-state index >= 15 is 0 Å². The smallest absolute Gasteiger partial charge is 0.255 e. The van der Waals surface area contributed by atoms with E-state index in [4.69, 9.17) is 11.6 Å². The zero-order valence-corrected chi connectivity index (χ0v) is 12.5. The lowest BCUT2D eigenvalue weighted by molar-refractivity contribution is 0.750. The van der Waals surface area contributed by atoms with Crippen molar-refractivity contribution >= 4 is 35.0 Å². The monoisotopic (exact) mass is 297 g/mol. The van der Waals surface area contributed by atoms with Gasteiger partial charge in [0.1, 0.15) is 17.3 Å². The van der Waals surface area contributed by atoms with Gasteiger partial charge in [0.25, 0.3) is 5.78 Å². The minimum absolute atomic E-state index is 0.458. The molecule has 0 amide bonds. The highest BCUT2D eigenvalue weighted by Gasteiger charge is 2.28. The summed E-state index contributed by atoms with van der Waals surface area (Å²) in [5, 5.41) is 8.96. The van der Waals surface area contributed by atoms with Gasteiger partial charge in [0.05, 0.1) is 0 Å². The van der Waals surface area contributed by atoms with E-state index in [1.165, 1.54) is 25.6 Å². The maximum Gasteiger partial charge on any atom is 0.255 e. The Hall–Kier alpha value is -1.01. The van der Waals surface area contributed by atoms with Crippen LogP contribution in [0.15, 0.2) is 6.33 Å². The first kappa shape index (κ1) is 13.0. The highest BCUT2D eigenvalue weighted by atomic mass is 35.5. The van der Waals surface area contributed by atoms with Gasteiger partial charge in [-0.15, -0.1) is 0 Å². The average molecular weight is 298 g/mol. The van der Waals surface area contributed by atoms with E-state index in [2.05, 4.69) is 26.6 Å². The van der Waals surface area contributed by atoms with E-state index in [1.807, 2.05) is 18.7 Å². The Balaban J connectivity index is 1.99. The SMILES string of the molecule is CSC1CCCC1Nc1c(C)c(Cl)nc2ncnn12. The summed E-state index contributed by atoms with van der Waals surface area (Å²) in [6, 6.07) is 0.458. The summed E-state index contributed by atoms with van der Waals surface area (Å²) in [7, 11) is 0. The highest BCUT2D eigenvalue weighted by molar-refractivity contribution is 7.99. The van der Waals surface area contributed by atoms with Crippen LogP contribution in [-0.2, 0) is 0 Å². The molecule has 2 aromatic rings. The van der Waals surface area contributed by atoms with Crippen LogP contribution in [0.5, 0.6) is 0 Å². The lowest BCUT2D eigenvalue weighted by Crippen LogP contribution is -2.27. The average Bonchev–Trinajstić information content (AvgIpc) is 3.02. The van der Waals surface area contributed by atoms with Crippen LogP contribution in [0.4, 0.5) is 5.82 Å². The fourth-order valence-electron chi connectivity index (χ4n) is 2.62. The molecule has 1 aliphatic rings. The summed E-state index contributed by atoms with van der Waals surface area (Å²) in [5.74, 6) is 1.45. The van der Waals surface area contributed by atoms with Crippen molar-refractivity contribution in [1.82, 2.24) is 19.6 Å². The Kier molecular flexibility index (Phi) is 3.54. The Labute approximate surface area is 121 Å². The summed E-state index contributed by atoms with van der Waals surface area (Å²) in [6.07, 6.45) is 7.38. The molecule has 0 aromatic carbocycles. The summed E-state index contributed by atoms with van der Waals surface area (Å²) >= 11 is 8.09. The van der Waals surface area contributed by atoms with Gasteiger partial charge in [-0.1, -0.05) is 18.0 Å². The lowest BCUT2D eigenvalue weighted by atomic mass is 10.2. The van der Waals surface area contributed by atoms with Crippen molar-refractivity contribution < 1.29 is 0 Å². The highest BCUT2D eigenvalue weighted by Crippen LogP contribution is 2.32. The minimum Gasteiger partial charge on any atom is -0.366 e. The molecule has 1 saturated carbocycles. The van der Waals surface area contributed by atoms with E-state index in [1.54, 1.807) is 4.52 Å². The van der Waals surface area contributed by atoms with Crippen molar-refractivity contribution in [2.45, 2.75) is 37.5 Å². The number of anilines is 1. The second kappa shape index (κ2) is 5.17. The van der Waals surface area contributed by atoms with Crippen molar-refractivity contribution in [2.24, 2.45) is 0 Å². The van der Waals surface area contributed by atoms with Gasteiger partial charge in [0.2, 0.25) is 0 Å². The molecule has 2 aromatic heterocycles. The maximum atomic E-state index is 6.17. The predicted molar refractivity (Wildman–Crippen MR) is 79.1 cm³/mol. The van der Waals surface area contributed by atoms with Crippen LogP contribution >= 0.6 is 23.4 Å². The Morgan fingerprint density at radius 1 is 1.47 bits per heavy atom. The first-order valence-electron chi connectivity index (χ1n) is 6.36. The fourth-order valence-corrected chi connectivity index (χ4v) is 3.72. The van der Waals surface area contributed by atoms with Crippen molar-refractivity contribution in [2.75, 3.05) is 11.6 Å². The molecule has 3 rings (SSSR count). The molecule has 102 valence electrons. The zero-order valence-electron chi connectivity index (χ0n) is 10.9. The normalized spacial score (nSPS) is 23.1. The molecule has 2 atom stereocenters. The fraction of sp³-hybridized carbons (Fsp3) is 0.583. The summed E-state index contributed by atoms with van der Waals surface area (Å²) in [5.41, 5.74) is 0.923. The standard InChI is InChI=1S/C12H16ClN5S/c1-7-10(13)17-12-14-6-15-18(12)11(7)16-8-4-3-5-9(8)19-2/h6,8-9,16H,3-5H2,1-2H3. The van der Waals surface area contributed by atoms with E-state index < -0.39 is 0 Å². The van der Waals surface area contributed by atoms with Crippen molar-refractivity contribution in [1.29, 1.82) is 0 Å². The van der Waals surface area contributed by atoms with Crippen LogP contribution < -0.4 is 5.32 Å². The molecule has 1 N–H and O–H groups in total. The molecule has 0 bridgehead atoms. The van der Waals surface area contributed by atoms with Crippen LogP contribution in [0, 0.1) is 6.92 Å². The Morgan fingerprint density at radius 2 is 2.32 bits per heavy atom. The number of aromatic nitrogens is 4. The molecular weight excluding hydrogens is 282 g/mol. The molecule has 19 heavy (non-hydrogen) atoms. The second-order valence-corrected chi connectivity index (χ2v) is 6.24. The zero-order chi connectivity index (χ0) is 13.4. The van der Waals surface area contributed by atoms with E-state index in [9.17, 15) is 0 Å². The number of thioether (sulfide) groups is 1. The van der Waals surface area contributed by atoms with E-state index in [0.717, 1.165) is 11.4 Å². The molecule has 1 fully saturated rings.